The molecule has 1 rings (SSSR count). The zero-order chi connectivity index (χ0) is 14.3. The van der Waals surface area contributed by atoms with Gasteiger partial charge in [0, 0.05) is 6.54 Å². The van der Waals surface area contributed by atoms with Gasteiger partial charge in [-0.25, -0.2) is 0 Å². The van der Waals surface area contributed by atoms with Crippen molar-refractivity contribution in [2.45, 2.75) is 13.8 Å². The van der Waals surface area contributed by atoms with Gasteiger partial charge in [-0.05, 0) is 25.1 Å². The Kier molecular flexibility index (Phi) is 8.59. The number of halogens is 1. The maximum atomic E-state index is 12.0. The molecule has 2 amide bonds. The second kappa shape index (κ2) is 9.34. The van der Waals surface area contributed by atoms with Crippen LogP contribution in [0.15, 0.2) is 24.3 Å². The Labute approximate surface area is 125 Å². The zero-order valence-corrected chi connectivity index (χ0v) is 12.8. The summed E-state index contributed by atoms with van der Waals surface area (Å²) in [5, 5.41) is 8.32. The third-order valence-electron chi connectivity index (χ3n) is 2.45. The van der Waals surface area contributed by atoms with E-state index in [4.69, 9.17) is 0 Å². The number of carbonyl (C=O) groups is 2. The van der Waals surface area contributed by atoms with Gasteiger partial charge in [-0.15, -0.1) is 12.4 Å². The van der Waals surface area contributed by atoms with Crippen LogP contribution in [0.4, 0.5) is 5.69 Å². The first-order valence-corrected chi connectivity index (χ1v) is 6.36. The van der Waals surface area contributed by atoms with E-state index in [-0.39, 0.29) is 30.8 Å². The molecule has 0 unspecified atom stereocenters. The van der Waals surface area contributed by atoms with Gasteiger partial charge in [0.2, 0.25) is 5.91 Å². The molecule has 0 spiro atoms. The minimum Gasteiger partial charge on any atom is -0.352 e. The number of anilines is 1. The average Bonchev–Trinajstić information content (AvgIpc) is 2.36. The fourth-order valence-electron chi connectivity index (χ4n) is 1.54. The molecule has 0 fully saturated rings. The Bertz CT molecular complexity index is 450. The van der Waals surface area contributed by atoms with Gasteiger partial charge < -0.3 is 16.0 Å². The van der Waals surface area contributed by atoms with Crippen molar-refractivity contribution in [1.82, 2.24) is 10.6 Å². The van der Waals surface area contributed by atoms with E-state index in [0.29, 0.717) is 23.7 Å². The Morgan fingerprint density at radius 3 is 2.45 bits per heavy atom. The normalized spacial score (nSPS) is 9.80. The highest BCUT2D eigenvalue weighted by Crippen LogP contribution is 2.14. The first-order valence-electron chi connectivity index (χ1n) is 6.36. The number of rotatable bonds is 6. The van der Waals surface area contributed by atoms with Gasteiger partial charge in [0.1, 0.15) is 0 Å². The molecule has 1 aromatic rings. The van der Waals surface area contributed by atoms with E-state index in [1.807, 2.05) is 13.8 Å². The molecule has 0 aromatic heterocycles. The molecule has 0 aliphatic heterocycles. The number of benzene rings is 1. The molecule has 112 valence electrons. The minimum atomic E-state index is -0.174. The number of likely N-dealkylation sites (N-methyl/N-ethyl adjacent to an activating group) is 1. The summed E-state index contributed by atoms with van der Waals surface area (Å²) in [5.41, 5.74) is 1.01. The van der Waals surface area contributed by atoms with Crippen LogP contribution in [0.3, 0.4) is 0 Å². The van der Waals surface area contributed by atoms with E-state index < -0.39 is 0 Å². The molecule has 3 N–H and O–H groups in total. The number of para-hydroxylation sites is 1. The maximum Gasteiger partial charge on any atom is 0.253 e. The van der Waals surface area contributed by atoms with Gasteiger partial charge in [0.15, 0.2) is 0 Å². The third-order valence-corrected chi connectivity index (χ3v) is 2.45. The van der Waals surface area contributed by atoms with Crippen LogP contribution in [-0.2, 0) is 4.79 Å². The predicted molar refractivity (Wildman–Crippen MR) is 83.4 cm³/mol. The highest BCUT2D eigenvalue weighted by Gasteiger charge is 2.12. The van der Waals surface area contributed by atoms with Crippen LogP contribution in [0.25, 0.3) is 0 Å². The summed E-state index contributed by atoms with van der Waals surface area (Å²) in [7, 11) is 1.70. The quantitative estimate of drug-likeness (QED) is 0.748. The molecule has 0 aliphatic carbocycles. The lowest BCUT2D eigenvalue weighted by molar-refractivity contribution is -0.115. The van der Waals surface area contributed by atoms with Gasteiger partial charge in [-0.1, -0.05) is 26.0 Å². The van der Waals surface area contributed by atoms with Crippen molar-refractivity contribution in [3.8, 4) is 0 Å². The average molecular weight is 300 g/mol. The Morgan fingerprint density at radius 2 is 1.85 bits per heavy atom. The summed E-state index contributed by atoms with van der Waals surface area (Å²) < 4.78 is 0. The number of hydrogen-bond donors (Lipinski definition) is 3. The molecule has 20 heavy (non-hydrogen) atoms. The molecule has 0 atom stereocenters. The summed E-state index contributed by atoms with van der Waals surface area (Å²) in [4.78, 5) is 23.6. The van der Waals surface area contributed by atoms with E-state index in [1.165, 1.54) is 0 Å². The van der Waals surface area contributed by atoms with Crippen molar-refractivity contribution in [2.75, 3.05) is 25.5 Å². The van der Waals surface area contributed by atoms with E-state index in [1.54, 1.807) is 31.3 Å². The highest BCUT2D eigenvalue weighted by atomic mass is 35.5. The summed E-state index contributed by atoms with van der Waals surface area (Å²) in [6, 6.07) is 6.98. The summed E-state index contributed by atoms with van der Waals surface area (Å²) in [6.45, 7) is 4.88. The lowest BCUT2D eigenvalue weighted by Crippen LogP contribution is -2.30. The Balaban J connectivity index is 0.00000361. The Hall–Kier alpha value is -1.59. The second-order valence-electron chi connectivity index (χ2n) is 4.73. The summed E-state index contributed by atoms with van der Waals surface area (Å²) >= 11 is 0. The number of hydrogen-bond acceptors (Lipinski definition) is 3. The van der Waals surface area contributed by atoms with Crippen LogP contribution in [0.5, 0.6) is 0 Å². The smallest absolute Gasteiger partial charge is 0.253 e. The molecule has 5 nitrogen and oxygen atoms in total. The van der Waals surface area contributed by atoms with Gasteiger partial charge >= 0.3 is 0 Å². The zero-order valence-electron chi connectivity index (χ0n) is 12.0. The molecule has 0 bridgehead atoms. The predicted octanol–water partition coefficient (Wildman–Crippen LogP) is 1.65. The fraction of sp³-hybridized carbons (Fsp3) is 0.429. The topological polar surface area (TPSA) is 70.2 Å². The molecular weight excluding hydrogens is 278 g/mol. The van der Waals surface area contributed by atoms with Crippen LogP contribution in [0, 0.1) is 5.92 Å². The molecular formula is C14H22ClN3O2. The molecule has 0 heterocycles. The third kappa shape index (κ3) is 6.04. The molecule has 0 saturated heterocycles. The minimum absolute atomic E-state index is 0. The molecule has 0 radical (unpaired) electrons. The van der Waals surface area contributed by atoms with Crippen LogP contribution >= 0.6 is 12.4 Å². The first-order chi connectivity index (χ1) is 9.04. The van der Waals surface area contributed by atoms with E-state index in [2.05, 4.69) is 16.0 Å². The Morgan fingerprint density at radius 1 is 1.20 bits per heavy atom. The molecule has 6 heteroatoms. The lowest BCUT2D eigenvalue weighted by Gasteiger charge is -2.12. The second-order valence-corrected chi connectivity index (χ2v) is 4.73. The number of nitrogens with one attached hydrogen (secondary N) is 3. The largest absolute Gasteiger partial charge is 0.352 e. The highest BCUT2D eigenvalue weighted by molar-refractivity contribution is 6.04. The molecule has 0 saturated carbocycles. The molecule has 1 aromatic carbocycles. The monoisotopic (exact) mass is 299 g/mol. The standard InChI is InChI=1S/C14H21N3O2.ClH/c1-10(2)8-16-14(19)11-6-4-5-7-12(11)17-13(18)9-15-3;/h4-7,10,15H,8-9H2,1-3H3,(H,16,19)(H,17,18);1H. The summed E-state index contributed by atoms with van der Waals surface area (Å²) in [6.07, 6.45) is 0. The van der Waals surface area contributed by atoms with Crippen molar-refractivity contribution >= 4 is 29.9 Å². The van der Waals surface area contributed by atoms with Gasteiger partial charge in [-0.3, -0.25) is 9.59 Å². The van der Waals surface area contributed by atoms with E-state index in [0.717, 1.165) is 0 Å². The van der Waals surface area contributed by atoms with E-state index >= 15 is 0 Å². The van der Waals surface area contributed by atoms with Gasteiger partial charge in [0.05, 0.1) is 17.8 Å². The van der Waals surface area contributed by atoms with E-state index in [9.17, 15) is 9.59 Å². The van der Waals surface area contributed by atoms with Crippen LogP contribution in [0.2, 0.25) is 0 Å². The van der Waals surface area contributed by atoms with Crippen molar-refractivity contribution in [3.05, 3.63) is 29.8 Å². The van der Waals surface area contributed by atoms with Gasteiger partial charge in [-0.2, -0.15) is 0 Å². The van der Waals surface area contributed by atoms with Crippen LogP contribution in [-0.4, -0.2) is 32.0 Å². The van der Waals surface area contributed by atoms with Gasteiger partial charge in [0.25, 0.3) is 5.91 Å². The van der Waals surface area contributed by atoms with Crippen molar-refractivity contribution in [2.24, 2.45) is 5.92 Å². The fourth-order valence-corrected chi connectivity index (χ4v) is 1.54. The SMILES string of the molecule is CNCC(=O)Nc1ccccc1C(=O)NCC(C)C.Cl. The number of carbonyl (C=O) groups excluding carboxylic acids is 2. The molecule has 0 aliphatic rings. The number of amides is 2. The van der Waals surface area contributed by atoms with Crippen molar-refractivity contribution in [1.29, 1.82) is 0 Å². The van der Waals surface area contributed by atoms with Crippen LogP contribution in [0.1, 0.15) is 24.2 Å². The lowest BCUT2D eigenvalue weighted by atomic mass is 10.1. The van der Waals surface area contributed by atoms with Crippen molar-refractivity contribution in [3.63, 3.8) is 0 Å². The van der Waals surface area contributed by atoms with Crippen molar-refractivity contribution < 1.29 is 9.59 Å². The summed E-state index contributed by atoms with van der Waals surface area (Å²) in [5.74, 6) is 0.0377. The first kappa shape index (κ1) is 18.4. The van der Waals surface area contributed by atoms with Crippen LogP contribution < -0.4 is 16.0 Å². The maximum absolute atomic E-state index is 12.0.